The van der Waals surface area contributed by atoms with Gasteiger partial charge in [-0.2, -0.15) is 0 Å². The van der Waals surface area contributed by atoms with Crippen molar-refractivity contribution in [3.8, 4) is 0 Å². The fourth-order valence-electron chi connectivity index (χ4n) is 2.71. The maximum absolute atomic E-state index is 6.06. The maximum Gasteiger partial charge on any atom is 0.134 e. The SMILES string of the molecule is CCCC1(C)OCc2c(CC)nc(C(C)(C)C)nc21. The summed E-state index contributed by atoms with van der Waals surface area (Å²) in [6.07, 6.45) is 3.06. The molecule has 0 fully saturated rings. The van der Waals surface area contributed by atoms with E-state index in [1.54, 1.807) is 0 Å². The van der Waals surface area contributed by atoms with Gasteiger partial charge in [-0.1, -0.05) is 41.0 Å². The van der Waals surface area contributed by atoms with Crippen molar-refractivity contribution < 1.29 is 4.74 Å². The Kier molecular flexibility index (Phi) is 3.69. The number of aromatic nitrogens is 2. The molecular formula is C16H26N2O. The van der Waals surface area contributed by atoms with Crippen LogP contribution in [0.1, 0.15) is 77.2 Å². The fraction of sp³-hybridized carbons (Fsp3) is 0.750. The van der Waals surface area contributed by atoms with Gasteiger partial charge in [0.1, 0.15) is 11.4 Å². The van der Waals surface area contributed by atoms with E-state index in [2.05, 4.69) is 41.5 Å². The van der Waals surface area contributed by atoms with Crippen molar-refractivity contribution >= 4 is 0 Å². The molecule has 0 saturated carbocycles. The summed E-state index contributed by atoms with van der Waals surface area (Å²) < 4.78 is 6.06. The molecule has 2 heterocycles. The summed E-state index contributed by atoms with van der Waals surface area (Å²) in [6, 6.07) is 0. The third kappa shape index (κ3) is 2.53. The first-order valence-corrected chi connectivity index (χ1v) is 7.36. The van der Waals surface area contributed by atoms with Crippen LogP contribution in [0, 0.1) is 0 Å². The van der Waals surface area contributed by atoms with E-state index in [1.165, 1.54) is 5.56 Å². The van der Waals surface area contributed by atoms with Crippen molar-refractivity contribution in [1.82, 2.24) is 9.97 Å². The van der Waals surface area contributed by atoms with Crippen LogP contribution in [0.15, 0.2) is 0 Å². The first kappa shape index (κ1) is 14.4. The highest BCUT2D eigenvalue weighted by Crippen LogP contribution is 2.40. The van der Waals surface area contributed by atoms with Crippen LogP contribution in [0.4, 0.5) is 0 Å². The quantitative estimate of drug-likeness (QED) is 0.829. The highest BCUT2D eigenvalue weighted by Gasteiger charge is 2.39. The van der Waals surface area contributed by atoms with Gasteiger partial charge < -0.3 is 4.74 Å². The summed E-state index contributed by atoms with van der Waals surface area (Å²) in [5, 5.41) is 0. The molecule has 1 aliphatic heterocycles. The third-order valence-electron chi connectivity index (χ3n) is 3.86. The minimum absolute atomic E-state index is 0.0192. The van der Waals surface area contributed by atoms with Crippen molar-refractivity contribution in [2.75, 3.05) is 0 Å². The molecule has 1 aromatic rings. The largest absolute Gasteiger partial charge is 0.364 e. The summed E-state index contributed by atoms with van der Waals surface area (Å²) in [7, 11) is 0. The van der Waals surface area contributed by atoms with Crippen LogP contribution >= 0.6 is 0 Å². The minimum atomic E-state index is -0.225. The van der Waals surface area contributed by atoms with E-state index in [0.717, 1.165) is 36.5 Å². The summed E-state index contributed by atoms with van der Waals surface area (Å²) in [6.45, 7) is 13.7. The van der Waals surface area contributed by atoms with E-state index >= 15 is 0 Å². The predicted octanol–water partition coefficient (Wildman–Crippen LogP) is 3.88. The molecule has 0 amide bonds. The Labute approximate surface area is 116 Å². The molecule has 1 unspecified atom stereocenters. The fourth-order valence-corrected chi connectivity index (χ4v) is 2.71. The molecule has 1 aromatic heterocycles. The van der Waals surface area contributed by atoms with Crippen molar-refractivity contribution in [3.05, 3.63) is 22.8 Å². The summed E-state index contributed by atoms with van der Waals surface area (Å²) >= 11 is 0. The molecule has 0 radical (unpaired) electrons. The zero-order chi connectivity index (χ0) is 14.3. The molecule has 0 N–H and O–H groups in total. The number of aryl methyl sites for hydroxylation is 1. The van der Waals surface area contributed by atoms with Gasteiger partial charge in [0.25, 0.3) is 0 Å². The molecule has 1 atom stereocenters. The van der Waals surface area contributed by atoms with Gasteiger partial charge in [0.05, 0.1) is 12.3 Å². The average Bonchev–Trinajstić information content (AvgIpc) is 2.66. The van der Waals surface area contributed by atoms with Gasteiger partial charge in [-0.3, -0.25) is 0 Å². The number of hydrogen-bond donors (Lipinski definition) is 0. The van der Waals surface area contributed by atoms with Gasteiger partial charge in [-0.15, -0.1) is 0 Å². The molecule has 3 heteroatoms. The van der Waals surface area contributed by atoms with Crippen LogP contribution in [-0.4, -0.2) is 9.97 Å². The van der Waals surface area contributed by atoms with Gasteiger partial charge >= 0.3 is 0 Å². The molecule has 0 aliphatic carbocycles. The van der Waals surface area contributed by atoms with Gasteiger partial charge in [0, 0.05) is 16.7 Å². The molecule has 3 nitrogen and oxygen atoms in total. The van der Waals surface area contributed by atoms with E-state index in [-0.39, 0.29) is 11.0 Å². The van der Waals surface area contributed by atoms with Gasteiger partial charge in [-0.25, -0.2) is 9.97 Å². The van der Waals surface area contributed by atoms with E-state index < -0.39 is 0 Å². The first-order valence-electron chi connectivity index (χ1n) is 7.36. The topological polar surface area (TPSA) is 35.0 Å². The Morgan fingerprint density at radius 1 is 1.21 bits per heavy atom. The monoisotopic (exact) mass is 262 g/mol. The maximum atomic E-state index is 6.06. The Morgan fingerprint density at radius 3 is 2.42 bits per heavy atom. The van der Waals surface area contributed by atoms with Crippen molar-refractivity contribution in [2.45, 2.75) is 78.4 Å². The number of fused-ring (bicyclic) bond motifs is 1. The molecule has 106 valence electrons. The second kappa shape index (κ2) is 4.86. The molecule has 1 aliphatic rings. The molecule has 0 aromatic carbocycles. The van der Waals surface area contributed by atoms with Crippen LogP contribution in [0.5, 0.6) is 0 Å². The zero-order valence-corrected chi connectivity index (χ0v) is 13.1. The second-order valence-electron chi connectivity index (χ2n) is 6.69. The lowest BCUT2D eigenvalue weighted by molar-refractivity contribution is -0.0323. The number of ether oxygens (including phenoxy) is 1. The standard InChI is InChI=1S/C16H26N2O/c1-7-9-16(6)13-11(10-19-16)12(8-2)17-14(18-13)15(3,4)5/h7-10H2,1-6H3. The molecule has 0 saturated heterocycles. The van der Waals surface area contributed by atoms with E-state index in [1.807, 2.05) is 0 Å². The van der Waals surface area contributed by atoms with Gasteiger partial charge in [-0.05, 0) is 19.8 Å². The van der Waals surface area contributed by atoms with Crippen LogP contribution < -0.4 is 0 Å². The first-order chi connectivity index (χ1) is 8.81. The highest BCUT2D eigenvalue weighted by atomic mass is 16.5. The smallest absolute Gasteiger partial charge is 0.134 e. The Morgan fingerprint density at radius 2 is 1.89 bits per heavy atom. The normalized spacial score (nSPS) is 22.6. The van der Waals surface area contributed by atoms with Gasteiger partial charge in [0.15, 0.2) is 0 Å². The van der Waals surface area contributed by atoms with E-state index in [4.69, 9.17) is 14.7 Å². The number of rotatable bonds is 3. The van der Waals surface area contributed by atoms with Crippen LogP contribution in [0.3, 0.4) is 0 Å². The Hall–Kier alpha value is -0.960. The zero-order valence-electron chi connectivity index (χ0n) is 13.1. The highest BCUT2D eigenvalue weighted by molar-refractivity contribution is 5.34. The van der Waals surface area contributed by atoms with Crippen molar-refractivity contribution in [3.63, 3.8) is 0 Å². The lowest BCUT2D eigenvalue weighted by Gasteiger charge is -2.25. The Balaban J connectivity index is 2.58. The number of nitrogens with zero attached hydrogens (tertiary/aromatic N) is 2. The molecule has 0 bridgehead atoms. The predicted molar refractivity (Wildman–Crippen MR) is 77.2 cm³/mol. The van der Waals surface area contributed by atoms with Crippen LogP contribution in [-0.2, 0) is 28.8 Å². The lowest BCUT2D eigenvalue weighted by Crippen LogP contribution is -2.25. The van der Waals surface area contributed by atoms with E-state index in [0.29, 0.717) is 6.61 Å². The molecule has 2 rings (SSSR count). The van der Waals surface area contributed by atoms with Crippen molar-refractivity contribution in [2.24, 2.45) is 0 Å². The Bertz CT molecular complexity index is 476. The second-order valence-corrected chi connectivity index (χ2v) is 6.69. The van der Waals surface area contributed by atoms with Crippen LogP contribution in [0.2, 0.25) is 0 Å². The van der Waals surface area contributed by atoms with E-state index in [9.17, 15) is 0 Å². The minimum Gasteiger partial charge on any atom is -0.364 e. The molecule has 19 heavy (non-hydrogen) atoms. The lowest BCUT2D eigenvalue weighted by atomic mass is 9.91. The van der Waals surface area contributed by atoms with Gasteiger partial charge in [0.2, 0.25) is 0 Å². The molecular weight excluding hydrogens is 236 g/mol. The third-order valence-corrected chi connectivity index (χ3v) is 3.86. The summed E-state index contributed by atoms with van der Waals surface area (Å²) in [5.41, 5.74) is 3.28. The summed E-state index contributed by atoms with van der Waals surface area (Å²) in [5.74, 6) is 0.941. The summed E-state index contributed by atoms with van der Waals surface area (Å²) in [4.78, 5) is 9.64. The van der Waals surface area contributed by atoms with Crippen molar-refractivity contribution in [1.29, 1.82) is 0 Å². The average molecular weight is 262 g/mol. The van der Waals surface area contributed by atoms with Crippen LogP contribution in [0.25, 0.3) is 0 Å². The molecule has 0 spiro atoms. The number of hydrogen-bond acceptors (Lipinski definition) is 3.